The summed E-state index contributed by atoms with van der Waals surface area (Å²) >= 11 is 12.5. The highest BCUT2D eigenvalue weighted by Gasteiger charge is 2.20. The molecule has 0 bridgehead atoms. The lowest BCUT2D eigenvalue weighted by atomic mass is 10.1. The highest BCUT2D eigenvalue weighted by Crippen LogP contribution is 2.37. The molecule has 0 saturated carbocycles. The Kier molecular flexibility index (Phi) is 4.55. The predicted octanol–water partition coefficient (Wildman–Crippen LogP) is 2.55. The van der Waals surface area contributed by atoms with Crippen LogP contribution in [0.1, 0.15) is 18.4 Å². The van der Waals surface area contributed by atoms with Gasteiger partial charge in [0.15, 0.2) is 0 Å². The third kappa shape index (κ3) is 3.14. The van der Waals surface area contributed by atoms with Gasteiger partial charge < -0.3 is 15.7 Å². The average Bonchev–Trinajstić information content (AvgIpc) is 2.88. The topological polar surface area (TPSA) is 66.6 Å². The molecule has 0 aromatic heterocycles. The van der Waals surface area contributed by atoms with Crippen LogP contribution in [0.25, 0.3) is 0 Å². The summed E-state index contributed by atoms with van der Waals surface area (Å²) in [6, 6.07) is 2.74. The zero-order chi connectivity index (χ0) is 14.0. The van der Waals surface area contributed by atoms with Gasteiger partial charge in [-0.05, 0) is 30.9 Å². The van der Waals surface area contributed by atoms with Crippen molar-refractivity contribution in [3.8, 4) is 0 Å². The molecule has 4 nitrogen and oxygen atoms in total. The highest BCUT2D eigenvalue weighted by atomic mass is 35.5. The highest BCUT2D eigenvalue weighted by molar-refractivity contribution is 6.44. The van der Waals surface area contributed by atoms with Gasteiger partial charge in [-0.2, -0.15) is 0 Å². The number of hydrogen-bond donors (Lipinski definition) is 2. The quantitative estimate of drug-likeness (QED) is 0.897. The van der Waals surface area contributed by atoms with Crippen molar-refractivity contribution in [3.63, 3.8) is 0 Å². The number of anilines is 1. The van der Waals surface area contributed by atoms with Gasteiger partial charge in [0, 0.05) is 13.1 Å². The number of rotatable bonds is 4. The number of benzene rings is 1. The maximum atomic E-state index is 10.8. The van der Waals surface area contributed by atoms with Crippen LogP contribution in [0.2, 0.25) is 10.0 Å². The van der Waals surface area contributed by atoms with E-state index in [0.29, 0.717) is 15.6 Å². The van der Waals surface area contributed by atoms with Gasteiger partial charge in [-0.1, -0.05) is 29.3 Å². The van der Waals surface area contributed by atoms with Crippen molar-refractivity contribution in [3.05, 3.63) is 27.7 Å². The largest absolute Gasteiger partial charge is 0.480 e. The number of carbonyl (C=O) groups is 1. The molecule has 1 aromatic rings. The lowest BCUT2D eigenvalue weighted by molar-refractivity contribution is -0.138. The minimum Gasteiger partial charge on any atom is -0.480 e. The van der Waals surface area contributed by atoms with Gasteiger partial charge in [0.1, 0.15) is 6.04 Å². The molecule has 1 heterocycles. The summed E-state index contributed by atoms with van der Waals surface area (Å²) in [6.45, 7) is 1.95. The zero-order valence-electron chi connectivity index (χ0n) is 10.4. The van der Waals surface area contributed by atoms with E-state index in [4.69, 9.17) is 34.0 Å². The molecule has 1 aliphatic heterocycles. The third-order valence-corrected chi connectivity index (χ3v) is 4.26. The molecule has 0 spiro atoms. The fraction of sp³-hybridized carbons (Fsp3) is 0.462. The molecule has 0 amide bonds. The second-order valence-corrected chi connectivity index (χ2v) is 5.47. The van der Waals surface area contributed by atoms with Crippen molar-refractivity contribution >= 4 is 34.9 Å². The van der Waals surface area contributed by atoms with E-state index >= 15 is 0 Å². The maximum Gasteiger partial charge on any atom is 0.320 e. The maximum absolute atomic E-state index is 10.8. The molecule has 0 radical (unpaired) electrons. The minimum absolute atomic E-state index is 0.175. The van der Waals surface area contributed by atoms with Gasteiger partial charge >= 0.3 is 5.97 Å². The van der Waals surface area contributed by atoms with Crippen molar-refractivity contribution in [2.24, 2.45) is 5.73 Å². The third-order valence-electron chi connectivity index (χ3n) is 3.35. The van der Waals surface area contributed by atoms with Crippen molar-refractivity contribution in [1.29, 1.82) is 0 Å². The lowest BCUT2D eigenvalue weighted by Gasteiger charge is -2.21. The van der Waals surface area contributed by atoms with Crippen LogP contribution in [-0.2, 0) is 11.2 Å². The molecule has 1 saturated heterocycles. The fourth-order valence-corrected chi connectivity index (χ4v) is 2.80. The Morgan fingerprint density at radius 3 is 2.53 bits per heavy atom. The number of nitrogens with two attached hydrogens (primary N) is 1. The number of aliphatic carboxylic acids is 1. The van der Waals surface area contributed by atoms with Crippen LogP contribution in [0, 0.1) is 0 Å². The van der Waals surface area contributed by atoms with E-state index in [1.165, 1.54) is 0 Å². The summed E-state index contributed by atoms with van der Waals surface area (Å²) < 4.78 is 0. The molecule has 2 rings (SSSR count). The van der Waals surface area contributed by atoms with Crippen molar-refractivity contribution < 1.29 is 9.90 Å². The van der Waals surface area contributed by atoms with E-state index in [0.717, 1.165) is 31.6 Å². The van der Waals surface area contributed by atoms with E-state index in [9.17, 15) is 4.79 Å². The van der Waals surface area contributed by atoms with Crippen LogP contribution in [0.4, 0.5) is 5.69 Å². The Balaban J connectivity index is 2.24. The van der Waals surface area contributed by atoms with Crippen molar-refractivity contribution in [2.75, 3.05) is 18.0 Å². The normalized spacial score (nSPS) is 16.7. The van der Waals surface area contributed by atoms with Gasteiger partial charge in [-0.25, -0.2) is 0 Å². The van der Waals surface area contributed by atoms with Crippen LogP contribution in [0.15, 0.2) is 12.1 Å². The van der Waals surface area contributed by atoms with E-state index in [2.05, 4.69) is 4.90 Å². The molecule has 3 N–H and O–H groups in total. The van der Waals surface area contributed by atoms with E-state index in [1.807, 2.05) is 12.1 Å². The Labute approximate surface area is 122 Å². The molecule has 1 aliphatic rings. The van der Waals surface area contributed by atoms with Gasteiger partial charge in [0.05, 0.1) is 15.7 Å². The summed E-state index contributed by atoms with van der Waals surface area (Å²) in [5.41, 5.74) is 7.10. The SMILES string of the molecule is NC(Cc1ccc(N2CCCC2)c(Cl)c1Cl)C(=O)O. The summed E-state index contributed by atoms with van der Waals surface area (Å²) in [6.07, 6.45) is 2.48. The van der Waals surface area contributed by atoms with E-state index < -0.39 is 12.0 Å². The molecule has 0 aliphatic carbocycles. The number of halogens is 2. The zero-order valence-corrected chi connectivity index (χ0v) is 11.9. The van der Waals surface area contributed by atoms with Gasteiger partial charge in [-0.3, -0.25) is 4.79 Å². The lowest BCUT2D eigenvalue weighted by Crippen LogP contribution is -2.32. The summed E-state index contributed by atoms with van der Waals surface area (Å²) in [5, 5.41) is 9.71. The second-order valence-electron chi connectivity index (χ2n) is 4.71. The van der Waals surface area contributed by atoms with Crippen LogP contribution in [0.3, 0.4) is 0 Å². The summed E-state index contributed by atoms with van der Waals surface area (Å²) in [7, 11) is 0. The molecule has 6 heteroatoms. The first-order valence-electron chi connectivity index (χ1n) is 6.21. The van der Waals surface area contributed by atoms with E-state index in [1.54, 1.807) is 0 Å². The van der Waals surface area contributed by atoms with Crippen LogP contribution < -0.4 is 10.6 Å². The first kappa shape index (κ1) is 14.4. The fourth-order valence-electron chi connectivity index (χ4n) is 2.26. The number of carboxylic acid groups (broad SMARTS) is 1. The first-order chi connectivity index (χ1) is 9.00. The Bertz CT molecular complexity index is 488. The molecular weight excluding hydrogens is 287 g/mol. The molecule has 104 valence electrons. The molecule has 19 heavy (non-hydrogen) atoms. The summed E-state index contributed by atoms with van der Waals surface area (Å²) in [5.74, 6) is -1.05. The Morgan fingerprint density at radius 1 is 1.32 bits per heavy atom. The first-order valence-corrected chi connectivity index (χ1v) is 6.96. The van der Waals surface area contributed by atoms with Crippen LogP contribution >= 0.6 is 23.2 Å². The van der Waals surface area contributed by atoms with Gasteiger partial charge in [0.2, 0.25) is 0 Å². The second kappa shape index (κ2) is 5.99. The molecule has 1 fully saturated rings. The van der Waals surface area contributed by atoms with Crippen molar-refractivity contribution in [1.82, 2.24) is 0 Å². The monoisotopic (exact) mass is 302 g/mol. The summed E-state index contributed by atoms with van der Waals surface area (Å²) in [4.78, 5) is 13.0. The number of carboxylic acids is 1. The van der Waals surface area contributed by atoms with Crippen molar-refractivity contribution in [2.45, 2.75) is 25.3 Å². The molecule has 1 atom stereocenters. The average molecular weight is 303 g/mol. The van der Waals surface area contributed by atoms with Crippen LogP contribution in [0.5, 0.6) is 0 Å². The Morgan fingerprint density at radius 2 is 1.95 bits per heavy atom. The number of hydrogen-bond acceptors (Lipinski definition) is 3. The van der Waals surface area contributed by atoms with Crippen LogP contribution in [-0.4, -0.2) is 30.2 Å². The predicted molar refractivity (Wildman–Crippen MR) is 77.2 cm³/mol. The molecule has 1 aromatic carbocycles. The Hall–Kier alpha value is -0.970. The standard InChI is InChI=1S/C13H16Cl2N2O2/c14-11-8(7-9(16)13(18)19)3-4-10(12(11)15)17-5-1-2-6-17/h3-4,9H,1-2,5-7,16H2,(H,18,19). The smallest absolute Gasteiger partial charge is 0.320 e. The minimum atomic E-state index is -1.05. The van der Waals surface area contributed by atoms with E-state index in [-0.39, 0.29) is 6.42 Å². The van der Waals surface area contributed by atoms with Gasteiger partial charge in [0.25, 0.3) is 0 Å². The molecule has 1 unspecified atom stereocenters. The number of nitrogens with zero attached hydrogens (tertiary/aromatic N) is 1. The van der Waals surface area contributed by atoms with Gasteiger partial charge in [-0.15, -0.1) is 0 Å². The molecular formula is C13H16Cl2N2O2.